The van der Waals surface area contributed by atoms with Crippen molar-refractivity contribution in [3.63, 3.8) is 0 Å². The van der Waals surface area contributed by atoms with E-state index in [2.05, 4.69) is 18.3 Å². The Kier molecular flexibility index (Phi) is 5.48. The van der Waals surface area contributed by atoms with Gasteiger partial charge in [0.05, 0.1) is 20.3 Å². The van der Waals surface area contributed by atoms with Crippen LogP contribution in [-0.4, -0.2) is 38.2 Å². The second kappa shape index (κ2) is 7.78. The van der Waals surface area contributed by atoms with Crippen LogP contribution in [0.3, 0.4) is 0 Å². The second-order valence-corrected chi connectivity index (χ2v) is 6.98. The number of carbonyl (C=O) groups excluding carboxylic acids is 1. The Balaban J connectivity index is 2.04. The molecular formula is C19H24N2O3S. The SMILES string of the molecule is CCCNC(=O)N1CCc2cc(OC)c(OC)cc2[C@H]1c1cccs1. The number of benzene rings is 1. The van der Waals surface area contributed by atoms with Gasteiger partial charge in [-0.15, -0.1) is 11.3 Å². The summed E-state index contributed by atoms with van der Waals surface area (Å²) in [6.45, 7) is 3.42. The van der Waals surface area contributed by atoms with Crippen molar-refractivity contribution in [2.45, 2.75) is 25.8 Å². The van der Waals surface area contributed by atoms with Crippen LogP contribution in [0.25, 0.3) is 0 Å². The van der Waals surface area contributed by atoms with Gasteiger partial charge in [-0.3, -0.25) is 0 Å². The van der Waals surface area contributed by atoms with Gasteiger partial charge in [0, 0.05) is 18.0 Å². The smallest absolute Gasteiger partial charge is 0.318 e. The molecule has 0 saturated carbocycles. The van der Waals surface area contributed by atoms with Crippen molar-refractivity contribution in [1.29, 1.82) is 0 Å². The van der Waals surface area contributed by atoms with E-state index in [0.29, 0.717) is 18.8 Å². The number of nitrogens with zero attached hydrogens (tertiary/aromatic N) is 1. The zero-order valence-electron chi connectivity index (χ0n) is 14.9. The largest absolute Gasteiger partial charge is 0.493 e. The summed E-state index contributed by atoms with van der Waals surface area (Å²) in [4.78, 5) is 15.8. The van der Waals surface area contributed by atoms with Crippen molar-refractivity contribution >= 4 is 17.4 Å². The predicted octanol–water partition coefficient (Wildman–Crippen LogP) is 3.83. The summed E-state index contributed by atoms with van der Waals surface area (Å²) in [5, 5.41) is 5.06. The normalized spacial score (nSPS) is 16.3. The number of urea groups is 1. The summed E-state index contributed by atoms with van der Waals surface area (Å²) in [5.74, 6) is 1.42. The zero-order chi connectivity index (χ0) is 17.8. The van der Waals surface area contributed by atoms with Gasteiger partial charge in [-0.05, 0) is 47.5 Å². The maximum atomic E-state index is 12.7. The van der Waals surface area contributed by atoms with Crippen molar-refractivity contribution in [2.75, 3.05) is 27.3 Å². The molecule has 2 amide bonds. The van der Waals surface area contributed by atoms with Crippen molar-refractivity contribution in [3.05, 3.63) is 45.6 Å². The Hall–Kier alpha value is -2.21. The fourth-order valence-electron chi connectivity index (χ4n) is 3.25. The first-order valence-corrected chi connectivity index (χ1v) is 9.40. The molecule has 2 aromatic rings. The zero-order valence-corrected chi connectivity index (χ0v) is 15.7. The molecule has 5 nitrogen and oxygen atoms in total. The molecule has 134 valence electrons. The van der Waals surface area contributed by atoms with Gasteiger partial charge < -0.3 is 19.7 Å². The average molecular weight is 360 g/mol. The second-order valence-electron chi connectivity index (χ2n) is 6.00. The van der Waals surface area contributed by atoms with E-state index in [0.717, 1.165) is 29.0 Å². The third-order valence-corrected chi connectivity index (χ3v) is 5.40. The van der Waals surface area contributed by atoms with E-state index < -0.39 is 0 Å². The molecule has 1 aromatic carbocycles. The third-order valence-electron chi connectivity index (χ3n) is 4.47. The number of ether oxygens (including phenoxy) is 2. The summed E-state index contributed by atoms with van der Waals surface area (Å²) < 4.78 is 10.9. The fraction of sp³-hybridized carbons (Fsp3) is 0.421. The maximum Gasteiger partial charge on any atom is 0.318 e. The molecule has 3 rings (SSSR count). The molecule has 1 aliphatic heterocycles. The summed E-state index contributed by atoms with van der Waals surface area (Å²) in [5.41, 5.74) is 2.31. The van der Waals surface area contributed by atoms with Gasteiger partial charge in [0.1, 0.15) is 0 Å². The predicted molar refractivity (Wildman–Crippen MR) is 99.8 cm³/mol. The lowest BCUT2D eigenvalue weighted by Crippen LogP contribution is -2.46. The quantitative estimate of drug-likeness (QED) is 0.881. The molecule has 0 radical (unpaired) electrons. The number of amides is 2. The van der Waals surface area contributed by atoms with Crippen molar-refractivity contribution in [3.8, 4) is 11.5 Å². The molecule has 0 saturated heterocycles. The number of nitrogens with one attached hydrogen (secondary N) is 1. The minimum absolute atomic E-state index is 0.0133. The average Bonchev–Trinajstić information content (AvgIpc) is 3.18. The van der Waals surface area contributed by atoms with Crippen LogP contribution in [0.1, 0.15) is 35.4 Å². The summed E-state index contributed by atoms with van der Waals surface area (Å²) in [7, 11) is 3.28. The molecule has 25 heavy (non-hydrogen) atoms. The van der Waals surface area contributed by atoms with Gasteiger partial charge in [-0.2, -0.15) is 0 Å². The van der Waals surface area contributed by atoms with E-state index in [-0.39, 0.29) is 12.1 Å². The fourth-order valence-corrected chi connectivity index (χ4v) is 4.11. The highest BCUT2D eigenvalue weighted by atomic mass is 32.1. The van der Waals surface area contributed by atoms with Crippen LogP contribution >= 0.6 is 11.3 Å². The first-order valence-electron chi connectivity index (χ1n) is 8.52. The Morgan fingerprint density at radius 3 is 2.72 bits per heavy atom. The third kappa shape index (κ3) is 3.44. The standard InChI is InChI=1S/C19H24N2O3S/c1-4-8-20-19(22)21-9-7-13-11-15(23-2)16(24-3)12-14(13)18(21)17-6-5-10-25-17/h5-6,10-12,18H,4,7-9H2,1-3H3,(H,20,22)/t18-/m0/s1. The Morgan fingerprint density at radius 1 is 1.32 bits per heavy atom. The van der Waals surface area contributed by atoms with Gasteiger partial charge in [0.15, 0.2) is 11.5 Å². The van der Waals surface area contributed by atoms with E-state index in [1.807, 2.05) is 28.5 Å². The molecule has 2 heterocycles. The number of methoxy groups -OCH3 is 2. The molecule has 0 unspecified atom stereocenters. The van der Waals surface area contributed by atoms with Crippen molar-refractivity contribution in [2.24, 2.45) is 0 Å². The number of carbonyl (C=O) groups is 1. The molecule has 0 fully saturated rings. The molecular weight excluding hydrogens is 336 g/mol. The summed E-state index contributed by atoms with van der Waals surface area (Å²) in [6.07, 6.45) is 1.72. The molecule has 0 bridgehead atoms. The Morgan fingerprint density at radius 2 is 2.08 bits per heavy atom. The van der Waals surface area contributed by atoms with E-state index in [9.17, 15) is 4.79 Å². The minimum atomic E-state index is -0.0968. The van der Waals surface area contributed by atoms with Gasteiger partial charge >= 0.3 is 6.03 Å². The lowest BCUT2D eigenvalue weighted by atomic mass is 9.91. The van der Waals surface area contributed by atoms with E-state index in [4.69, 9.17) is 9.47 Å². The van der Waals surface area contributed by atoms with Crippen molar-refractivity contribution < 1.29 is 14.3 Å². The number of hydrogen-bond acceptors (Lipinski definition) is 4. The molecule has 1 aromatic heterocycles. The summed E-state index contributed by atoms with van der Waals surface area (Å²) >= 11 is 1.67. The highest BCUT2D eigenvalue weighted by Crippen LogP contribution is 2.42. The first-order chi connectivity index (χ1) is 12.2. The number of thiophene rings is 1. The molecule has 1 N–H and O–H groups in total. The van der Waals surface area contributed by atoms with E-state index in [1.54, 1.807) is 25.6 Å². The monoisotopic (exact) mass is 360 g/mol. The van der Waals surface area contributed by atoms with Gasteiger partial charge in [-0.25, -0.2) is 4.79 Å². The van der Waals surface area contributed by atoms with Crippen LogP contribution in [0.2, 0.25) is 0 Å². The lowest BCUT2D eigenvalue weighted by molar-refractivity contribution is 0.181. The maximum absolute atomic E-state index is 12.7. The number of fused-ring (bicyclic) bond motifs is 1. The summed E-state index contributed by atoms with van der Waals surface area (Å²) in [6, 6.07) is 8.05. The topological polar surface area (TPSA) is 50.8 Å². The Bertz CT molecular complexity index is 731. The van der Waals surface area contributed by atoms with Crippen molar-refractivity contribution in [1.82, 2.24) is 10.2 Å². The van der Waals surface area contributed by atoms with Crippen LogP contribution in [0.4, 0.5) is 4.79 Å². The van der Waals surface area contributed by atoms with Gasteiger partial charge in [0.2, 0.25) is 0 Å². The Labute approximate surface area is 152 Å². The lowest BCUT2D eigenvalue weighted by Gasteiger charge is -2.37. The molecule has 0 aliphatic carbocycles. The van der Waals surface area contributed by atoms with Crippen LogP contribution < -0.4 is 14.8 Å². The van der Waals surface area contributed by atoms with E-state index in [1.165, 1.54) is 5.56 Å². The van der Waals surface area contributed by atoms with E-state index >= 15 is 0 Å². The van der Waals surface area contributed by atoms with Crippen LogP contribution in [-0.2, 0) is 6.42 Å². The van der Waals surface area contributed by atoms with Crippen LogP contribution in [0.5, 0.6) is 11.5 Å². The highest BCUT2D eigenvalue weighted by Gasteiger charge is 2.33. The number of rotatable bonds is 5. The number of hydrogen-bond donors (Lipinski definition) is 1. The minimum Gasteiger partial charge on any atom is -0.493 e. The first kappa shape index (κ1) is 17.6. The molecule has 0 spiro atoms. The molecule has 1 atom stereocenters. The van der Waals surface area contributed by atoms with Gasteiger partial charge in [-0.1, -0.05) is 13.0 Å². The van der Waals surface area contributed by atoms with Gasteiger partial charge in [0.25, 0.3) is 0 Å². The van der Waals surface area contributed by atoms with Crippen LogP contribution in [0.15, 0.2) is 29.6 Å². The molecule has 1 aliphatic rings. The van der Waals surface area contributed by atoms with Crippen LogP contribution in [0, 0.1) is 0 Å². The molecule has 6 heteroatoms. The highest BCUT2D eigenvalue weighted by molar-refractivity contribution is 7.10.